The lowest BCUT2D eigenvalue weighted by Gasteiger charge is -2.37. The summed E-state index contributed by atoms with van der Waals surface area (Å²) in [4.78, 5) is 13.2. The summed E-state index contributed by atoms with van der Waals surface area (Å²) in [5.74, 6) is 1.62. The fourth-order valence-corrected chi connectivity index (χ4v) is 3.96. The Morgan fingerprint density at radius 1 is 0.844 bits per heavy atom. The van der Waals surface area contributed by atoms with E-state index < -0.39 is 0 Å². The molecule has 0 saturated carbocycles. The summed E-state index contributed by atoms with van der Waals surface area (Å²) in [6.45, 7) is 3.22. The average Bonchev–Trinajstić information content (AvgIpc) is 2.87. The van der Waals surface area contributed by atoms with Crippen molar-refractivity contribution in [2.45, 2.75) is 0 Å². The van der Waals surface area contributed by atoms with Crippen LogP contribution in [0.3, 0.4) is 0 Å². The summed E-state index contributed by atoms with van der Waals surface area (Å²) in [7, 11) is 0. The van der Waals surface area contributed by atoms with E-state index in [1.54, 1.807) is 18.5 Å². The maximum atomic E-state index is 9.70. The van der Waals surface area contributed by atoms with Crippen LogP contribution in [0.1, 0.15) is 5.56 Å². The zero-order chi connectivity index (χ0) is 21.8. The molecule has 1 N–H and O–H groups in total. The normalized spacial score (nSPS) is 14.6. The van der Waals surface area contributed by atoms with Gasteiger partial charge in [-0.1, -0.05) is 41.6 Å². The minimum atomic E-state index is 0.457. The highest BCUT2D eigenvalue weighted by molar-refractivity contribution is 5.98. The van der Waals surface area contributed by atoms with Crippen LogP contribution in [0.25, 0.3) is 10.9 Å². The zero-order valence-electron chi connectivity index (χ0n) is 17.5. The van der Waals surface area contributed by atoms with Crippen LogP contribution >= 0.6 is 0 Å². The van der Waals surface area contributed by atoms with Crippen LogP contribution in [0, 0.1) is 0 Å². The van der Waals surface area contributed by atoms with Crippen molar-refractivity contribution in [3.8, 4) is 11.6 Å². The Labute approximate surface area is 186 Å². The highest BCUT2D eigenvalue weighted by atomic mass is 16.5. The van der Waals surface area contributed by atoms with Crippen LogP contribution in [-0.2, 0) is 0 Å². The second-order valence-electron chi connectivity index (χ2n) is 7.55. The van der Waals surface area contributed by atoms with Gasteiger partial charge in [-0.05, 0) is 30.3 Å². The Balaban J connectivity index is 1.28. The van der Waals surface area contributed by atoms with Crippen LogP contribution in [0.15, 0.2) is 90.3 Å². The van der Waals surface area contributed by atoms with Crippen molar-refractivity contribution in [3.63, 3.8) is 0 Å². The number of ether oxygens (including phenoxy) is 1. The number of pyridine rings is 2. The van der Waals surface area contributed by atoms with Crippen molar-refractivity contribution in [1.82, 2.24) is 14.9 Å². The van der Waals surface area contributed by atoms with E-state index in [0.717, 1.165) is 42.6 Å². The molecule has 0 amide bonds. The summed E-state index contributed by atoms with van der Waals surface area (Å²) in [6.07, 6.45) is 3.42. The Hall–Kier alpha value is -4.13. The van der Waals surface area contributed by atoms with E-state index in [-0.39, 0.29) is 0 Å². The molecule has 0 radical (unpaired) electrons. The Kier molecular flexibility index (Phi) is 5.53. The quantitative estimate of drug-likeness (QED) is 0.226. The molecule has 32 heavy (non-hydrogen) atoms. The highest BCUT2D eigenvalue weighted by Crippen LogP contribution is 2.27. The van der Waals surface area contributed by atoms with Crippen LogP contribution in [0.4, 0.5) is 5.69 Å². The molecule has 2 aromatic carbocycles. The molecule has 160 valence electrons. The maximum Gasteiger partial charge on any atom is 0.219 e. The van der Waals surface area contributed by atoms with Crippen LogP contribution in [0.5, 0.6) is 11.6 Å². The Morgan fingerprint density at radius 3 is 2.41 bits per heavy atom. The number of benzene rings is 2. The van der Waals surface area contributed by atoms with Gasteiger partial charge >= 0.3 is 0 Å². The van der Waals surface area contributed by atoms with Crippen molar-refractivity contribution in [3.05, 3.63) is 90.8 Å². The van der Waals surface area contributed by atoms with Gasteiger partial charge in [0.25, 0.3) is 0 Å². The molecule has 1 aliphatic heterocycles. The SMILES string of the molecule is O/N=C(/c1ccc(Oc2cccc3cccnc23)nc1)N1CCN(c2ccccc2)CC1. The summed E-state index contributed by atoms with van der Waals surface area (Å²) in [6, 6.07) is 23.7. The number of aromatic nitrogens is 2. The van der Waals surface area contributed by atoms with Gasteiger partial charge in [0.2, 0.25) is 5.88 Å². The van der Waals surface area contributed by atoms with Crippen molar-refractivity contribution in [1.29, 1.82) is 0 Å². The first-order valence-corrected chi connectivity index (χ1v) is 10.6. The van der Waals surface area contributed by atoms with Crippen LogP contribution < -0.4 is 9.64 Å². The molecule has 5 rings (SSSR count). The van der Waals surface area contributed by atoms with Crippen molar-refractivity contribution < 1.29 is 9.94 Å². The Morgan fingerprint density at radius 2 is 1.66 bits per heavy atom. The standard InChI is InChI=1S/C25H23N5O2/c31-28-25(30-16-14-29(15-17-30)21-8-2-1-3-9-21)20-11-12-23(27-18-20)32-22-10-4-6-19-7-5-13-26-24(19)22/h1-13,18,31H,14-17H2/b28-25-. The molecule has 4 aromatic rings. The van der Waals surface area contributed by atoms with Gasteiger partial charge in [0.15, 0.2) is 11.6 Å². The minimum Gasteiger partial charge on any atom is -0.437 e. The van der Waals surface area contributed by atoms with Gasteiger partial charge in [0.05, 0.1) is 0 Å². The predicted molar refractivity (Wildman–Crippen MR) is 125 cm³/mol. The zero-order valence-corrected chi connectivity index (χ0v) is 17.5. The maximum absolute atomic E-state index is 9.70. The minimum absolute atomic E-state index is 0.457. The van der Waals surface area contributed by atoms with Crippen molar-refractivity contribution >= 4 is 22.4 Å². The van der Waals surface area contributed by atoms with E-state index in [4.69, 9.17) is 4.74 Å². The molecule has 0 atom stereocenters. The third-order valence-corrected chi connectivity index (χ3v) is 5.60. The monoisotopic (exact) mass is 425 g/mol. The number of para-hydroxylation sites is 2. The molecular weight excluding hydrogens is 402 g/mol. The number of piperazine rings is 1. The molecular formula is C25H23N5O2. The van der Waals surface area contributed by atoms with E-state index in [2.05, 4.69) is 37.1 Å². The first-order valence-electron chi connectivity index (χ1n) is 10.6. The van der Waals surface area contributed by atoms with Crippen molar-refractivity contribution in [2.75, 3.05) is 31.1 Å². The largest absolute Gasteiger partial charge is 0.437 e. The van der Waals surface area contributed by atoms with E-state index in [1.807, 2.05) is 54.6 Å². The van der Waals surface area contributed by atoms with E-state index >= 15 is 0 Å². The number of oxime groups is 1. The molecule has 7 heteroatoms. The topological polar surface area (TPSA) is 74.1 Å². The van der Waals surface area contributed by atoms with E-state index in [9.17, 15) is 5.21 Å². The first-order chi connectivity index (χ1) is 15.8. The number of hydrogen-bond acceptors (Lipinski definition) is 6. The number of anilines is 1. The number of nitrogens with zero attached hydrogens (tertiary/aromatic N) is 5. The van der Waals surface area contributed by atoms with Crippen LogP contribution in [-0.4, -0.2) is 52.1 Å². The number of rotatable bonds is 4. The van der Waals surface area contributed by atoms with Gasteiger partial charge in [-0.25, -0.2) is 4.98 Å². The van der Waals surface area contributed by atoms with Crippen molar-refractivity contribution in [2.24, 2.45) is 5.16 Å². The first kappa shape index (κ1) is 19.8. The fraction of sp³-hybridized carbons (Fsp3) is 0.160. The molecule has 0 unspecified atom stereocenters. The van der Waals surface area contributed by atoms with Gasteiger partial charge in [0.1, 0.15) is 5.52 Å². The fourth-order valence-electron chi connectivity index (χ4n) is 3.96. The molecule has 1 saturated heterocycles. The molecule has 1 aliphatic rings. The lowest BCUT2D eigenvalue weighted by atomic mass is 10.2. The van der Waals surface area contributed by atoms with Gasteiger partial charge in [-0.3, -0.25) is 4.98 Å². The molecule has 7 nitrogen and oxygen atoms in total. The van der Waals surface area contributed by atoms with Gasteiger partial charge in [-0.2, -0.15) is 0 Å². The predicted octanol–water partition coefficient (Wildman–Crippen LogP) is 4.38. The van der Waals surface area contributed by atoms with Gasteiger partial charge in [0, 0.05) is 61.3 Å². The number of hydrogen-bond donors (Lipinski definition) is 1. The molecule has 0 aliphatic carbocycles. The Bertz CT molecular complexity index is 1210. The molecule has 3 heterocycles. The number of amidine groups is 1. The molecule has 0 bridgehead atoms. The molecule has 1 fully saturated rings. The summed E-state index contributed by atoms with van der Waals surface area (Å²) < 4.78 is 5.97. The number of fused-ring (bicyclic) bond motifs is 1. The van der Waals surface area contributed by atoms with E-state index in [1.165, 1.54) is 5.69 Å². The summed E-state index contributed by atoms with van der Waals surface area (Å²) >= 11 is 0. The third kappa shape index (κ3) is 4.05. The van der Waals surface area contributed by atoms with Crippen LogP contribution in [0.2, 0.25) is 0 Å². The average molecular weight is 425 g/mol. The molecule has 2 aromatic heterocycles. The lowest BCUT2D eigenvalue weighted by molar-refractivity contribution is 0.296. The van der Waals surface area contributed by atoms with Gasteiger partial charge in [-0.15, -0.1) is 0 Å². The summed E-state index contributed by atoms with van der Waals surface area (Å²) in [5, 5.41) is 14.3. The highest BCUT2D eigenvalue weighted by Gasteiger charge is 2.22. The smallest absolute Gasteiger partial charge is 0.219 e. The second-order valence-corrected chi connectivity index (χ2v) is 7.55. The summed E-state index contributed by atoms with van der Waals surface area (Å²) in [5.41, 5.74) is 2.74. The van der Waals surface area contributed by atoms with Gasteiger partial charge < -0.3 is 19.7 Å². The second kappa shape index (κ2) is 8.93. The molecule has 0 spiro atoms. The third-order valence-electron chi connectivity index (χ3n) is 5.60. The lowest BCUT2D eigenvalue weighted by Crippen LogP contribution is -2.49. The van der Waals surface area contributed by atoms with E-state index in [0.29, 0.717) is 17.5 Å².